The van der Waals surface area contributed by atoms with Crippen LogP contribution in [0, 0.1) is 0 Å². The minimum Gasteiger partial charge on any atom is -0.348 e. The van der Waals surface area contributed by atoms with Gasteiger partial charge in [-0.2, -0.15) is 0 Å². The van der Waals surface area contributed by atoms with Gasteiger partial charge in [-0.15, -0.1) is 0 Å². The van der Waals surface area contributed by atoms with Crippen molar-refractivity contribution in [3.63, 3.8) is 0 Å². The predicted molar refractivity (Wildman–Crippen MR) is 89.4 cm³/mol. The number of nitrogens with one attached hydrogen (secondary N) is 2. The molecular weight excluding hydrogens is 304 g/mol. The topological polar surface area (TPSA) is 84.0 Å². The molecule has 2 aromatic rings. The summed E-state index contributed by atoms with van der Waals surface area (Å²) in [5, 5.41) is 5.76. The molecule has 0 radical (unpaired) electrons. The molecule has 0 unspecified atom stereocenters. The molecule has 6 nitrogen and oxygen atoms in total. The maximum atomic E-state index is 12.2. The van der Waals surface area contributed by atoms with Crippen LogP contribution in [0.4, 0.5) is 0 Å². The minimum atomic E-state index is -0.311. The third-order valence-corrected chi connectivity index (χ3v) is 4.08. The third kappa shape index (κ3) is 4.16. The minimum absolute atomic E-state index is 0.219. The number of carbonyl (C=O) groups excluding carboxylic acids is 2. The van der Waals surface area contributed by atoms with E-state index < -0.39 is 0 Å². The SMILES string of the molecule is O=C(NCc1cccnc1)c1cccc(C(=O)NC2CCCC2)n1. The first-order valence-corrected chi connectivity index (χ1v) is 8.17. The number of hydrogen-bond donors (Lipinski definition) is 2. The van der Waals surface area contributed by atoms with E-state index in [-0.39, 0.29) is 29.2 Å². The molecule has 1 aliphatic rings. The second-order valence-electron chi connectivity index (χ2n) is 5.91. The molecule has 2 N–H and O–H groups in total. The first-order chi connectivity index (χ1) is 11.7. The van der Waals surface area contributed by atoms with Gasteiger partial charge in [0.25, 0.3) is 11.8 Å². The van der Waals surface area contributed by atoms with Crippen LogP contribution in [-0.2, 0) is 6.54 Å². The highest BCUT2D eigenvalue weighted by molar-refractivity contribution is 5.96. The van der Waals surface area contributed by atoms with Crippen LogP contribution in [0.2, 0.25) is 0 Å². The fourth-order valence-corrected chi connectivity index (χ4v) is 2.79. The van der Waals surface area contributed by atoms with Gasteiger partial charge in [0, 0.05) is 25.0 Å². The van der Waals surface area contributed by atoms with Crippen molar-refractivity contribution >= 4 is 11.8 Å². The Morgan fingerprint density at radius 3 is 2.50 bits per heavy atom. The van der Waals surface area contributed by atoms with Crippen LogP contribution in [0.15, 0.2) is 42.7 Å². The van der Waals surface area contributed by atoms with Crippen molar-refractivity contribution in [1.29, 1.82) is 0 Å². The number of nitrogens with zero attached hydrogens (tertiary/aromatic N) is 2. The van der Waals surface area contributed by atoms with Crippen molar-refractivity contribution in [1.82, 2.24) is 20.6 Å². The quantitative estimate of drug-likeness (QED) is 0.882. The summed E-state index contributed by atoms with van der Waals surface area (Å²) in [6.07, 6.45) is 7.69. The number of carbonyl (C=O) groups is 2. The molecule has 1 aliphatic carbocycles. The molecule has 124 valence electrons. The monoisotopic (exact) mass is 324 g/mol. The van der Waals surface area contributed by atoms with Crippen molar-refractivity contribution in [3.8, 4) is 0 Å². The fraction of sp³-hybridized carbons (Fsp3) is 0.333. The van der Waals surface area contributed by atoms with Crippen LogP contribution in [0.1, 0.15) is 52.2 Å². The molecule has 0 saturated heterocycles. The van der Waals surface area contributed by atoms with Gasteiger partial charge >= 0.3 is 0 Å². The van der Waals surface area contributed by atoms with Gasteiger partial charge in [-0.1, -0.05) is 25.0 Å². The van der Waals surface area contributed by atoms with Crippen molar-refractivity contribution in [2.45, 2.75) is 38.3 Å². The van der Waals surface area contributed by atoms with Crippen molar-refractivity contribution in [2.24, 2.45) is 0 Å². The zero-order chi connectivity index (χ0) is 16.8. The van der Waals surface area contributed by atoms with E-state index in [0.29, 0.717) is 6.54 Å². The summed E-state index contributed by atoms with van der Waals surface area (Å²) in [5.41, 5.74) is 1.41. The van der Waals surface area contributed by atoms with Gasteiger partial charge in [-0.3, -0.25) is 14.6 Å². The standard InChI is InChI=1S/C18H20N4O2/c23-17(20-12-13-5-4-10-19-11-13)15-8-3-9-16(22-15)18(24)21-14-6-1-2-7-14/h3-5,8-11,14H,1-2,6-7,12H2,(H,20,23)(H,21,24). The Bertz CT molecular complexity index is 712. The molecule has 0 bridgehead atoms. The molecule has 0 aromatic carbocycles. The summed E-state index contributed by atoms with van der Waals surface area (Å²) in [6.45, 7) is 0.368. The van der Waals surface area contributed by atoms with Gasteiger partial charge in [-0.25, -0.2) is 4.98 Å². The van der Waals surface area contributed by atoms with Crippen molar-refractivity contribution < 1.29 is 9.59 Å². The van der Waals surface area contributed by atoms with Gasteiger partial charge < -0.3 is 10.6 Å². The predicted octanol–water partition coefficient (Wildman–Crippen LogP) is 2.08. The van der Waals surface area contributed by atoms with Crippen LogP contribution in [-0.4, -0.2) is 27.8 Å². The average Bonchev–Trinajstić information content (AvgIpc) is 3.13. The van der Waals surface area contributed by atoms with E-state index >= 15 is 0 Å². The Morgan fingerprint density at radius 2 is 1.79 bits per heavy atom. The highest BCUT2D eigenvalue weighted by Crippen LogP contribution is 2.18. The summed E-state index contributed by atoms with van der Waals surface area (Å²) >= 11 is 0. The fourth-order valence-electron chi connectivity index (χ4n) is 2.79. The zero-order valence-corrected chi connectivity index (χ0v) is 13.4. The summed E-state index contributed by atoms with van der Waals surface area (Å²) < 4.78 is 0. The first kappa shape index (κ1) is 16.1. The number of amides is 2. The lowest BCUT2D eigenvalue weighted by molar-refractivity contribution is 0.0931. The highest BCUT2D eigenvalue weighted by atomic mass is 16.2. The maximum absolute atomic E-state index is 12.2. The van der Waals surface area contributed by atoms with E-state index in [9.17, 15) is 9.59 Å². The van der Waals surface area contributed by atoms with E-state index in [1.807, 2.05) is 12.1 Å². The molecule has 24 heavy (non-hydrogen) atoms. The number of hydrogen-bond acceptors (Lipinski definition) is 4. The Balaban J connectivity index is 1.61. The average molecular weight is 324 g/mol. The summed E-state index contributed by atoms with van der Waals surface area (Å²) in [6, 6.07) is 8.82. The van der Waals surface area contributed by atoms with E-state index in [1.54, 1.807) is 30.6 Å². The Morgan fingerprint density at radius 1 is 1.04 bits per heavy atom. The molecular formula is C18H20N4O2. The summed E-state index contributed by atoms with van der Waals surface area (Å²) in [7, 11) is 0. The van der Waals surface area contributed by atoms with Crippen molar-refractivity contribution in [3.05, 3.63) is 59.7 Å². The normalized spacial score (nSPS) is 14.3. The maximum Gasteiger partial charge on any atom is 0.270 e. The molecule has 2 amide bonds. The van der Waals surface area contributed by atoms with E-state index in [4.69, 9.17) is 0 Å². The molecule has 2 aromatic heterocycles. The molecule has 0 aliphatic heterocycles. The Labute approximate surface area is 140 Å². The van der Waals surface area contributed by atoms with Crippen LogP contribution in [0.5, 0.6) is 0 Å². The Kier molecular flexibility index (Phi) is 5.15. The van der Waals surface area contributed by atoms with Crippen LogP contribution in [0.25, 0.3) is 0 Å². The summed E-state index contributed by atoms with van der Waals surface area (Å²) in [5.74, 6) is -0.529. The lowest BCUT2D eigenvalue weighted by atomic mass is 10.2. The van der Waals surface area contributed by atoms with Crippen LogP contribution in [0.3, 0.4) is 0 Å². The third-order valence-electron chi connectivity index (χ3n) is 4.08. The smallest absolute Gasteiger partial charge is 0.270 e. The Hall–Kier alpha value is -2.76. The summed E-state index contributed by atoms with van der Waals surface area (Å²) in [4.78, 5) is 32.6. The molecule has 1 fully saturated rings. The molecule has 0 atom stereocenters. The second-order valence-corrected chi connectivity index (χ2v) is 5.91. The van der Waals surface area contributed by atoms with E-state index in [1.165, 1.54) is 0 Å². The van der Waals surface area contributed by atoms with Gasteiger partial charge in [0.05, 0.1) is 0 Å². The second kappa shape index (κ2) is 7.68. The van der Waals surface area contributed by atoms with Crippen LogP contribution >= 0.6 is 0 Å². The van der Waals surface area contributed by atoms with E-state index in [0.717, 1.165) is 31.2 Å². The lowest BCUT2D eigenvalue weighted by Crippen LogP contribution is -2.33. The van der Waals surface area contributed by atoms with Crippen LogP contribution < -0.4 is 10.6 Å². The van der Waals surface area contributed by atoms with Gasteiger partial charge in [0.15, 0.2) is 0 Å². The van der Waals surface area contributed by atoms with Crippen molar-refractivity contribution in [2.75, 3.05) is 0 Å². The number of rotatable bonds is 5. The van der Waals surface area contributed by atoms with E-state index in [2.05, 4.69) is 20.6 Å². The molecule has 2 heterocycles. The first-order valence-electron chi connectivity index (χ1n) is 8.17. The molecule has 3 rings (SSSR count). The molecule has 6 heteroatoms. The molecule has 0 spiro atoms. The van der Waals surface area contributed by atoms with Gasteiger partial charge in [0.1, 0.15) is 11.4 Å². The number of pyridine rings is 2. The molecule has 1 saturated carbocycles. The van der Waals surface area contributed by atoms with Gasteiger partial charge in [0.2, 0.25) is 0 Å². The van der Waals surface area contributed by atoms with Gasteiger partial charge in [-0.05, 0) is 36.6 Å². The highest BCUT2D eigenvalue weighted by Gasteiger charge is 2.19. The zero-order valence-electron chi connectivity index (χ0n) is 13.4. The lowest BCUT2D eigenvalue weighted by Gasteiger charge is -2.12. The largest absolute Gasteiger partial charge is 0.348 e. The number of aromatic nitrogens is 2.